The first-order valence-corrected chi connectivity index (χ1v) is 7.40. The molecule has 0 radical (unpaired) electrons. The lowest BCUT2D eigenvalue weighted by Crippen LogP contribution is -1.98. The summed E-state index contributed by atoms with van der Waals surface area (Å²) in [5, 5.41) is 13.1. The van der Waals surface area contributed by atoms with Gasteiger partial charge in [0.05, 0.1) is 13.7 Å². The number of benzene rings is 1. The van der Waals surface area contributed by atoms with Gasteiger partial charge in [-0.05, 0) is 24.1 Å². The summed E-state index contributed by atoms with van der Waals surface area (Å²) < 4.78 is 10.7. The molecule has 1 N–H and O–H groups in total. The Kier molecular flexibility index (Phi) is 5.76. The van der Waals surface area contributed by atoms with Crippen molar-refractivity contribution >= 4 is 16.5 Å². The number of ether oxygens (including phenoxy) is 2. The van der Waals surface area contributed by atoms with Gasteiger partial charge in [-0.3, -0.25) is 0 Å². The maximum atomic E-state index is 5.64. The molecule has 6 heteroatoms. The first kappa shape index (κ1) is 14.7. The van der Waals surface area contributed by atoms with Crippen LogP contribution in [0.5, 0.6) is 5.75 Å². The van der Waals surface area contributed by atoms with E-state index in [4.69, 9.17) is 9.47 Å². The van der Waals surface area contributed by atoms with Crippen molar-refractivity contribution < 1.29 is 9.47 Å². The van der Waals surface area contributed by atoms with Crippen molar-refractivity contribution in [1.29, 1.82) is 0 Å². The van der Waals surface area contributed by atoms with Gasteiger partial charge < -0.3 is 14.8 Å². The number of nitrogens with one attached hydrogen (secondary N) is 1. The molecule has 1 heterocycles. The molecular weight excluding hydrogens is 274 g/mol. The highest BCUT2D eigenvalue weighted by atomic mass is 32.1. The molecule has 0 aliphatic carbocycles. The Bertz CT molecular complexity index is 513. The third-order valence-electron chi connectivity index (χ3n) is 2.65. The fourth-order valence-electron chi connectivity index (χ4n) is 1.59. The van der Waals surface area contributed by atoms with Crippen LogP contribution in [0.2, 0.25) is 0 Å². The summed E-state index contributed by atoms with van der Waals surface area (Å²) in [6.45, 7) is 4.08. The van der Waals surface area contributed by atoms with Crippen molar-refractivity contribution in [2.75, 3.05) is 19.0 Å². The maximum Gasteiger partial charge on any atom is 0.205 e. The molecule has 0 saturated heterocycles. The minimum atomic E-state index is 0.484. The molecule has 0 bridgehead atoms. The van der Waals surface area contributed by atoms with Gasteiger partial charge in [-0.2, -0.15) is 0 Å². The van der Waals surface area contributed by atoms with Crippen molar-refractivity contribution in [3.8, 4) is 5.75 Å². The van der Waals surface area contributed by atoms with E-state index in [1.54, 1.807) is 7.11 Å². The third kappa shape index (κ3) is 4.47. The maximum absolute atomic E-state index is 5.64. The minimum absolute atomic E-state index is 0.484. The van der Waals surface area contributed by atoms with Gasteiger partial charge in [-0.15, -0.1) is 10.2 Å². The quantitative estimate of drug-likeness (QED) is 0.810. The van der Waals surface area contributed by atoms with Crippen LogP contribution in [-0.2, 0) is 18.0 Å². The molecule has 1 aromatic heterocycles. The Hall–Kier alpha value is -1.66. The Labute approximate surface area is 123 Å². The minimum Gasteiger partial charge on any atom is -0.497 e. The van der Waals surface area contributed by atoms with Gasteiger partial charge in [-0.1, -0.05) is 30.4 Å². The van der Waals surface area contributed by atoms with E-state index in [9.17, 15) is 0 Å². The number of aromatic nitrogens is 2. The topological polar surface area (TPSA) is 56.3 Å². The highest BCUT2D eigenvalue weighted by Gasteiger charge is 2.03. The second kappa shape index (κ2) is 7.81. The zero-order chi connectivity index (χ0) is 14.2. The fraction of sp³-hybridized carbons (Fsp3) is 0.429. The van der Waals surface area contributed by atoms with E-state index in [-0.39, 0.29) is 0 Å². The normalized spacial score (nSPS) is 10.5. The third-order valence-corrected chi connectivity index (χ3v) is 3.50. The number of hydrogen-bond donors (Lipinski definition) is 1. The summed E-state index contributed by atoms with van der Waals surface area (Å²) in [7, 11) is 1.66. The summed E-state index contributed by atoms with van der Waals surface area (Å²) >= 11 is 1.54. The fourth-order valence-corrected chi connectivity index (χ4v) is 2.30. The molecule has 0 aliphatic rings. The first-order valence-electron chi connectivity index (χ1n) is 6.58. The molecule has 0 atom stereocenters. The molecule has 0 aliphatic heterocycles. The highest BCUT2D eigenvalue weighted by molar-refractivity contribution is 7.15. The molecule has 0 amide bonds. The SMILES string of the molecule is CCCNc1nnc(COCc2ccc(OC)cc2)s1. The van der Waals surface area contributed by atoms with Crippen LogP contribution >= 0.6 is 11.3 Å². The Balaban J connectivity index is 1.75. The molecule has 2 rings (SSSR count). The Morgan fingerprint density at radius 3 is 2.65 bits per heavy atom. The number of methoxy groups -OCH3 is 1. The van der Waals surface area contributed by atoms with Gasteiger partial charge in [-0.25, -0.2) is 0 Å². The predicted molar refractivity (Wildman–Crippen MR) is 80.2 cm³/mol. The molecule has 2 aromatic rings. The zero-order valence-corrected chi connectivity index (χ0v) is 12.6. The van der Waals surface area contributed by atoms with Crippen LogP contribution in [0.1, 0.15) is 23.9 Å². The van der Waals surface area contributed by atoms with Crippen LogP contribution < -0.4 is 10.1 Å². The van der Waals surface area contributed by atoms with Crippen LogP contribution in [0.15, 0.2) is 24.3 Å². The molecule has 0 fully saturated rings. The largest absolute Gasteiger partial charge is 0.497 e. The van der Waals surface area contributed by atoms with Crippen LogP contribution in [0.4, 0.5) is 5.13 Å². The molecule has 0 spiro atoms. The van der Waals surface area contributed by atoms with E-state index in [0.717, 1.165) is 34.4 Å². The molecule has 20 heavy (non-hydrogen) atoms. The number of nitrogens with zero attached hydrogens (tertiary/aromatic N) is 2. The van der Waals surface area contributed by atoms with Crippen LogP contribution in [0.25, 0.3) is 0 Å². The van der Waals surface area contributed by atoms with Crippen molar-refractivity contribution in [2.45, 2.75) is 26.6 Å². The Morgan fingerprint density at radius 2 is 1.95 bits per heavy atom. The monoisotopic (exact) mass is 293 g/mol. The first-order chi connectivity index (χ1) is 9.81. The predicted octanol–water partition coefficient (Wildman–Crippen LogP) is 3.09. The second-order valence-corrected chi connectivity index (χ2v) is 5.33. The number of hydrogen-bond acceptors (Lipinski definition) is 6. The van der Waals surface area contributed by atoms with E-state index >= 15 is 0 Å². The smallest absolute Gasteiger partial charge is 0.205 e. The van der Waals surface area contributed by atoms with Gasteiger partial charge in [0.1, 0.15) is 17.4 Å². The number of anilines is 1. The summed E-state index contributed by atoms with van der Waals surface area (Å²) in [5.74, 6) is 0.851. The molecule has 1 aromatic carbocycles. The second-order valence-electron chi connectivity index (χ2n) is 4.27. The summed E-state index contributed by atoms with van der Waals surface area (Å²) in [6, 6.07) is 7.84. The van der Waals surface area contributed by atoms with Gasteiger partial charge >= 0.3 is 0 Å². The summed E-state index contributed by atoms with van der Waals surface area (Å²) in [4.78, 5) is 0. The Morgan fingerprint density at radius 1 is 1.15 bits per heavy atom. The molecule has 108 valence electrons. The van der Waals surface area contributed by atoms with Crippen molar-refractivity contribution in [2.24, 2.45) is 0 Å². The lowest BCUT2D eigenvalue weighted by Gasteiger charge is -2.03. The van der Waals surface area contributed by atoms with Gasteiger partial charge in [0, 0.05) is 6.54 Å². The average Bonchev–Trinajstić information content (AvgIpc) is 2.94. The average molecular weight is 293 g/mol. The van der Waals surface area contributed by atoms with Gasteiger partial charge in [0.15, 0.2) is 0 Å². The lowest BCUT2D eigenvalue weighted by atomic mass is 10.2. The molecule has 5 nitrogen and oxygen atoms in total. The van der Waals surface area contributed by atoms with Gasteiger partial charge in [0.25, 0.3) is 0 Å². The summed E-state index contributed by atoms with van der Waals surface area (Å²) in [5.41, 5.74) is 1.11. The zero-order valence-electron chi connectivity index (χ0n) is 11.8. The van der Waals surface area contributed by atoms with Crippen molar-refractivity contribution in [3.63, 3.8) is 0 Å². The van der Waals surface area contributed by atoms with Gasteiger partial charge in [0.2, 0.25) is 5.13 Å². The van der Waals surface area contributed by atoms with Crippen molar-refractivity contribution in [3.05, 3.63) is 34.8 Å². The summed E-state index contributed by atoms with van der Waals surface area (Å²) in [6.07, 6.45) is 1.07. The van der Waals surface area contributed by atoms with E-state index < -0.39 is 0 Å². The van der Waals surface area contributed by atoms with E-state index in [0.29, 0.717) is 13.2 Å². The highest BCUT2D eigenvalue weighted by Crippen LogP contribution is 2.17. The molecule has 0 saturated carbocycles. The molecule has 0 unspecified atom stereocenters. The standard InChI is InChI=1S/C14H19N3O2S/c1-3-8-15-14-17-16-13(20-14)10-19-9-11-4-6-12(18-2)7-5-11/h4-7H,3,8-10H2,1-2H3,(H,15,17). The van der Waals surface area contributed by atoms with Crippen molar-refractivity contribution in [1.82, 2.24) is 10.2 Å². The van der Waals surface area contributed by atoms with E-state index in [1.165, 1.54) is 11.3 Å². The molecular formula is C14H19N3O2S. The lowest BCUT2D eigenvalue weighted by molar-refractivity contribution is 0.106. The van der Waals surface area contributed by atoms with E-state index in [2.05, 4.69) is 22.4 Å². The van der Waals surface area contributed by atoms with E-state index in [1.807, 2.05) is 24.3 Å². The van der Waals surface area contributed by atoms with Crippen LogP contribution in [0.3, 0.4) is 0 Å². The van der Waals surface area contributed by atoms with Crippen LogP contribution in [-0.4, -0.2) is 23.9 Å². The number of rotatable bonds is 8. The van der Waals surface area contributed by atoms with Crippen LogP contribution in [0, 0.1) is 0 Å².